The number of hydrogen-bond donors (Lipinski definition) is 0. The Morgan fingerprint density at radius 2 is 1.19 bits per heavy atom. The summed E-state index contributed by atoms with van der Waals surface area (Å²) in [7, 11) is 0. The quantitative estimate of drug-likeness (QED) is 0.165. The molecule has 0 fully saturated rings. The van der Waals surface area contributed by atoms with Crippen LogP contribution in [0.15, 0.2) is 169 Å². The number of benzene rings is 8. The smallest absolute Gasteiger partial charge is 0.0543 e. The predicted octanol–water partition coefficient (Wildman–Crippen LogP) is 14.5. The first kappa shape index (κ1) is 32.1. The van der Waals surface area contributed by atoms with Gasteiger partial charge in [0.25, 0.3) is 0 Å². The van der Waals surface area contributed by atoms with E-state index in [-0.39, 0.29) is 5.41 Å². The van der Waals surface area contributed by atoms with E-state index in [1.165, 1.54) is 101 Å². The lowest BCUT2D eigenvalue weighted by Gasteiger charge is -2.31. The molecule has 0 spiro atoms. The topological polar surface area (TPSA) is 3.24 Å². The molecule has 1 aliphatic heterocycles. The number of thioether (sulfide) groups is 1. The van der Waals surface area contributed by atoms with E-state index in [0.29, 0.717) is 0 Å². The zero-order valence-corrected chi connectivity index (χ0v) is 31.1. The van der Waals surface area contributed by atoms with Gasteiger partial charge < -0.3 is 4.90 Å². The Labute approximate surface area is 317 Å². The van der Waals surface area contributed by atoms with Gasteiger partial charge in [-0.25, -0.2) is 0 Å². The van der Waals surface area contributed by atoms with Crippen LogP contribution in [0, 0.1) is 0 Å². The Hall–Kier alpha value is -5.57. The van der Waals surface area contributed by atoms with Gasteiger partial charge in [-0.05, 0) is 134 Å². The van der Waals surface area contributed by atoms with Gasteiger partial charge in [-0.2, -0.15) is 0 Å². The molecule has 0 saturated heterocycles. The van der Waals surface area contributed by atoms with Crippen LogP contribution < -0.4 is 4.90 Å². The molecule has 10 rings (SSSR count). The zero-order chi connectivity index (χ0) is 35.5. The Balaban J connectivity index is 1.27. The lowest BCUT2D eigenvalue weighted by molar-refractivity contribution is 0.660. The summed E-state index contributed by atoms with van der Waals surface area (Å²) in [5.41, 5.74) is 15.5. The average Bonchev–Trinajstić information content (AvgIpc) is 3.33. The van der Waals surface area contributed by atoms with Crippen molar-refractivity contribution in [3.63, 3.8) is 0 Å². The van der Waals surface area contributed by atoms with E-state index >= 15 is 0 Å². The van der Waals surface area contributed by atoms with Crippen molar-refractivity contribution in [2.24, 2.45) is 0 Å². The fraction of sp³-hybridized carbons (Fsp3) is 0.137. The molecule has 0 aromatic heterocycles. The van der Waals surface area contributed by atoms with Crippen LogP contribution in [-0.4, -0.2) is 5.75 Å². The maximum atomic E-state index is 2.54. The second kappa shape index (κ2) is 12.8. The van der Waals surface area contributed by atoms with Crippen LogP contribution in [0.3, 0.4) is 0 Å². The van der Waals surface area contributed by atoms with Crippen molar-refractivity contribution < 1.29 is 0 Å². The average molecular weight is 700 g/mol. The van der Waals surface area contributed by atoms with Gasteiger partial charge >= 0.3 is 0 Å². The highest BCUT2D eigenvalue weighted by Gasteiger charge is 2.37. The number of hydrogen-bond acceptors (Lipinski definition) is 2. The highest BCUT2D eigenvalue weighted by atomic mass is 32.2. The molecule has 0 N–H and O–H groups in total. The third kappa shape index (κ3) is 5.39. The van der Waals surface area contributed by atoms with Gasteiger partial charge in [0.1, 0.15) is 0 Å². The first-order valence-electron chi connectivity index (χ1n) is 19.0. The van der Waals surface area contributed by atoms with Crippen LogP contribution in [0.2, 0.25) is 0 Å². The lowest BCUT2D eigenvalue weighted by atomic mass is 9.81. The predicted molar refractivity (Wildman–Crippen MR) is 228 cm³/mol. The summed E-state index contributed by atoms with van der Waals surface area (Å²) >= 11 is 2.03. The summed E-state index contributed by atoms with van der Waals surface area (Å²) in [6.07, 6.45) is 3.57. The third-order valence-corrected chi connectivity index (χ3v) is 12.8. The molecule has 1 aliphatic carbocycles. The summed E-state index contributed by atoms with van der Waals surface area (Å²) in [4.78, 5) is 3.97. The van der Waals surface area contributed by atoms with Crippen LogP contribution in [0.25, 0.3) is 54.9 Å². The molecule has 1 heterocycles. The highest BCUT2D eigenvalue weighted by molar-refractivity contribution is 7.99. The standard InChI is InChI=1S/C51H41NS/c1-51(2)47-20-9-8-17-42(47)45-32-46(41-19-12-21-50-43(41)18-10-11-30-53-50)49(33-48(45)51)52(38-27-24-35(25-28-38)34-13-4-3-5-14-34)39-29-26-37-23-22-36-15-6-7-16-40(36)44(37)31-39/h3-9,12-17,19-29,31-33H,10-11,18,30H2,1-2H3. The largest absolute Gasteiger partial charge is 0.310 e. The van der Waals surface area contributed by atoms with Crippen LogP contribution in [0.5, 0.6) is 0 Å². The molecule has 0 bridgehead atoms. The molecule has 53 heavy (non-hydrogen) atoms. The zero-order valence-electron chi connectivity index (χ0n) is 30.3. The van der Waals surface area contributed by atoms with Crippen molar-refractivity contribution in [2.45, 2.75) is 43.4 Å². The van der Waals surface area contributed by atoms with E-state index in [0.717, 1.165) is 17.8 Å². The Morgan fingerprint density at radius 1 is 0.491 bits per heavy atom. The molecule has 0 amide bonds. The molecule has 0 unspecified atom stereocenters. The Bertz CT molecular complexity index is 2670. The number of anilines is 3. The van der Waals surface area contributed by atoms with E-state index < -0.39 is 0 Å². The maximum Gasteiger partial charge on any atom is 0.0543 e. The van der Waals surface area contributed by atoms with Gasteiger partial charge in [-0.1, -0.05) is 135 Å². The second-order valence-corrected chi connectivity index (χ2v) is 16.3. The maximum absolute atomic E-state index is 2.54. The van der Waals surface area contributed by atoms with Gasteiger partial charge in [0.15, 0.2) is 0 Å². The van der Waals surface area contributed by atoms with Gasteiger partial charge in [-0.3, -0.25) is 0 Å². The van der Waals surface area contributed by atoms with E-state index in [9.17, 15) is 0 Å². The summed E-state index contributed by atoms with van der Waals surface area (Å²) in [5.74, 6) is 1.18. The number of rotatable bonds is 5. The minimum atomic E-state index is -0.134. The van der Waals surface area contributed by atoms with Crippen molar-refractivity contribution in [3.05, 3.63) is 180 Å². The second-order valence-electron chi connectivity index (χ2n) is 15.1. The molecule has 0 atom stereocenters. The third-order valence-electron chi connectivity index (χ3n) is 11.7. The van der Waals surface area contributed by atoms with Crippen LogP contribution >= 0.6 is 11.8 Å². The highest BCUT2D eigenvalue weighted by Crippen LogP contribution is 2.54. The summed E-state index contributed by atoms with van der Waals surface area (Å²) in [5, 5.41) is 5.07. The number of nitrogens with zero attached hydrogens (tertiary/aromatic N) is 1. The van der Waals surface area contributed by atoms with E-state index in [1.807, 2.05) is 11.8 Å². The van der Waals surface area contributed by atoms with Crippen molar-refractivity contribution in [1.82, 2.24) is 0 Å². The molecule has 0 saturated carbocycles. The van der Waals surface area contributed by atoms with Crippen molar-refractivity contribution in [3.8, 4) is 33.4 Å². The molecule has 8 aromatic carbocycles. The summed E-state index contributed by atoms with van der Waals surface area (Å²) in [6.45, 7) is 4.79. The molecule has 256 valence electrons. The monoisotopic (exact) mass is 699 g/mol. The van der Waals surface area contributed by atoms with E-state index in [2.05, 4.69) is 183 Å². The summed E-state index contributed by atoms with van der Waals surface area (Å²) < 4.78 is 0. The van der Waals surface area contributed by atoms with Crippen LogP contribution in [-0.2, 0) is 11.8 Å². The minimum absolute atomic E-state index is 0.134. The molecule has 1 nitrogen and oxygen atoms in total. The van der Waals surface area contributed by atoms with E-state index in [1.54, 1.807) is 0 Å². The Kier molecular flexibility index (Phi) is 7.77. The first-order valence-corrected chi connectivity index (χ1v) is 19.9. The van der Waals surface area contributed by atoms with Crippen molar-refractivity contribution in [1.29, 1.82) is 0 Å². The van der Waals surface area contributed by atoms with Crippen molar-refractivity contribution in [2.75, 3.05) is 10.7 Å². The van der Waals surface area contributed by atoms with Gasteiger partial charge in [0.2, 0.25) is 0 Å². The van der Waals surface area contributed by atoms with Crippen LogP contribution in [0.1, 0.15) is 43.4 Å². The fourth-order valence-electron chi connectivity index (χ4n) is 8.92. The normalized spacial score (nSPS) is 14.4. The van der Waals surface area contributed by atoms with E-state index in [4.69, 9.17) is 0 Å². The molecule has 8 aromatic rings. The molecular weight excluding hydrogens is 659 g/mol. The van der Waals surface area contributed by atoms with Gasteiger partial charge in [-0.15, -0.1) is 11.8 Å². The number of fused-ring (bicyclic) bond motifs is 7. The summed E-state index contributed by atoms with van der Waals surface area (Å²) in [6, 6.07) is 61.3. The lowest BCUT2D eigenvalue weighted by Crippen LogP contribution is -2.17. The van der Waals surface area contributed by atoms with Gasteiger partial charge in [0, 0.05) is 27.2 Å². The fourth-order valence-corrected chi connectivity index (χ4v) is 10.1. The molecule has 2 heteroatoms. The molecule has 2 aliphatic rings. The first-order chi connectivity index (χ1) is 26.0. The van der Waals surface area contributed by atoms with Crippen LogP contribution in [0.4, 0.5) is 17.1 Å². The molecule has 0 radical (unpaired) electrons. The Morgan fingerprint density at radius 3 is 2.06 bits per heavy atom. The minimum Gasteiger partial charge on any atom is -0.310 e. The SMILES string of the molecule is CC1(C)c2ccccc2-c2cc(-c3cccc4c3CCCCS4)c(N(c3ccc(-c4ccccc4)cc3)c3ccc4ccc5ccccc5c4c3)cc21. The van der Waals surface area contributed by atoms with Gasteiger partial charge in [0.05, 0.1) is 5.69 Å². The molecular formula is C51H41NS. The van der Waals surface area contributed by atoms with Crippen molar-refractivity contribution >= 4 is 50.4 Å².